The minimum Gasteiger partial charge on any atom is -0.279 e. The molecule has 0 spiro atoms. The van der Waals surface area contributed by atoms with Gasteiger partial charge in [-0.3, -0.25) is 10.4 Å². The summed E-state index contributed by atoms with van der Waals surface area (Å²) in [5.41, 5.74) is 7.47. The van der Waals surface area contributed by atoms with E-state index in [1.807, 2.05) is 77.6 Å². The van der Waals surface area contributed by atoms with Gasteiger partial charge in [0, 0.05) is 34.7 Å². The number of hydrazone groups is 1. The molecule has 6 heteroatoms. The molecule has 0 fully saturated rings. The van der Waals surface area contributed by atoms with E-state index in [1.165, 1.54) is 0 Å². The number of hydrogen-bond acceptors (Lipinski definition) is 4. The predicted octanol–water partition coefficient (Wildman–Crippen LogP) is 5.03. The number of rotatable bonds is 5. The van der Waals surface area contributed by atoms with E-state index in [2.05, 4.69) is 15.5 Å². The van der Waals surface area contributed by atoms with Crippen LogP contribution < -0.4 is 5.43 Å². The van der Waals surface area contributed by atoms with Crippen LogP contribution in [0.4, 0.5) is 5.69 Å². The maximum absolute atomic E-state index is 5.91. The lowest BCUT2D eigenvalue weighted by Crippen LogP contribution is -1.94. The van der Waals surface area contributed by atoms with Gasteiger partial charge in [0.2, 0.25) is 0 Å². The number of anilines is 1. The summed E-state index contributed by atoms with van der Waals surface area (Å²) < 4.78 is 1.84. The average Bonchev–Trinajstić information content (AvgIpc) is 3.15. The van der Waals surface area contributed by atoms with Crippen LogP contribution in [0.5, 0.6) is 0 Å². The Balaban J connectivity index is 1.66. The van der Waals surface area contributed by atoms with Crippen LogP contribution in [-0.2, 0) is 0 Å². The highest BCUT2D eigenvalue weighted by Gasteiger charge is 2.11. The van der Waals surface area contributed by atoms with Gasteiger partial charge in [-0.2, -0.15) is 10.2 Å². The normalized spacial score (nSPS) is 11.0. The lowest BCUT2D eigenvalue weighted by atomic mass is 10.1. The minimum absolute atomic E-state index is 0.688. The Kier molecular flexibility index (Phi) is 4.94. The fourth-order valence-electron chi connectivity index (χ4n) is 2.62. The zero-order valence-electron chi connectivity index (χ0n) is 14.3. The summed E-state index contributed by atoms with van der Waals surface area (Å²) >= 11 is 5.91. The number of nitrogens with zero attached hydrogens (tertiary/aromatic N) is 4. The molecule has 132 valence electrons. The average molecular weight is 374 g/mol. The number of halogens is 1. The smallest absolute Gasteiger partial charge is 0.103 e. The Morgan fingerprint density at radius 3 is 2.52 bits per heavy atom. The van der Waals surface area contributed by atoms with E-state index >= 15 is 0 Å². The molecule has 5 nitrogen and oxygen atoms in total. The molecule has 0 radical (unpaired) electrons. The standard InChI is InChI=1S/C21H16ClN5/c22-18-8-10-19(11-9-18)25-24-14-17-15-27(20-6-2-1-3-7-20)26-21(17)16-5-4-12-23-13-16/h1-15,25H/b24-14+. The molecule has 0 saturated heterocycles. The Hall–Kier alpha value is -3.44. The third kappa shape index (κ3) is 4.04. The second-order valence-corrected chi connectivity index (χ2v) is 6.27. The molecule has 1 N–H and O–H groups in total. The van der Waals surface area contributed by atoms with Crippen LogP contribution in [0.25, 0.3) is 16.9 Å². The second kappa shape index (κ2) is 7.85. The molecule has 0 unspecified atom stereocenters. The summed E-state index contributed by atoms with van der Waals surface area (Å²) in [4.78, 5) is 4.20. The summed E-state index contributed by atoms with van der Waals surface area (Å²) in [7, 11) is 0. The van der Waals surface area contributed by atoms with Crippen LogP contribution in [-0.4, -0.2) is 21.0 Å². The molecule has 0 atom stereocenters. The van der Waals surface area contributed by atoms with Crippen molar-refractivity contribution in [2.75, 3.05) is 5.43 Å². The van der Waals surface area contributed by atoms with Crippen LogP contribution in [0, 0.1) is 0 Å². The Morgan fingerprint density at radius 2 is 1.78 bits per heavy atom. The van der Waals surface area contributed by atoms with E-state index < -0.39 is 0 Å². The number of hydrogen-bond donors (Lipinski definition) is 1. The molecular formula is C21H16ClN5. The van der Waals surface area contributed by atoms with Gasteiger partial charge in [-0.1, -0.05) is 29.8 Å². The topological polar surface area (TPSA) is 55.1 Å². The van der Waals surface area contributed by atoms with E-state index in [-0.39, 0.29) is 0 Å². The van der Waals surface area contributed by atoms with Gasteiger partial charge in [0.1, 0.15) is 5.69 Å². The predicted molar refractivity (Wildman–Crippen MR) is 109 cm³/mol. The molecular weight excluding hydrogens is 358 g/mol. The zero-order valence-corrected chi connectivity index (χ0v) is 15.1. The lowest BCUT2D eigenvalue weighted by molar-refractivity contribution is 0.884. The minimum atomic E-state index is 0.688. The first-order valence-corrected chi connectivity index (χ1v) is 8.77. The van der Waals surface area contributed by atoms with Gasteiger partial charge in [0.25, 0.3) is 0 Å². The van der Waals surface area contributed by atoms with Crippen LogP contribution in [0.1, 0.15) is 5.56 Å². The fourth-order valence-corrected chi connectivity index (χ4v) is 2.75. The third-order valence-electron chi connectivity index (χ3n) is 3.94. The van der Waals surface area contributed by atoms with Crippen molar-refractivity contribution in [3.8, 4) is 16.9 Å². The molecule has 0 aliphatic carbocycles. The van der Waals surface area contributed by atoms with Crippen molar-refractivity contribution in [2.24, 2.45) is 5.10 Å². The summed E-state index contributed by atoms with van der Waals surface area (Å²) in [6.45, 7) is 0. The largest absolute Gasteiger partial charge is 0.279 e. The van der Waals surface area contributed by atoms with E-state index in [0.29, 0.717) is 5.02 Å². The molecule has 0 amide bonds. The summed E-state index contributed by atoms with van der Waals surface area (Å²) in [6.07, 6.45) is 7.24. The number of pyridine rings is 1. The van der Waals surface area contributed by atoms with Crippen LogP contribution in [0.15, 0.2) is 90.4 Å². The summed E-state index contributed by atoms with van der Waals surface area (Å²) in [5.74, 6) is 0. The molecule has 4 aromatic rings. The monoisotopic (exact) mass is 373 g/mol. The van der Waals surface area contributed by atoms with E-state index in [9.17, 15) is 0 Å². The van der Waals surface area contributed by atoms with Crippen molar-refractivity contribution in [3.05, 3.63) is 95.9 Å². The molecule has 2 aromatic heterocycles. The first-order chi connectivity index (χ1) is 13.3. The van der Waals surface area contributed by atoms with Gasteiger partial charge in [0.05, 0.1) is 17.6 Å². The Labute approximate surface area is 162 Å². The lowest BCUT2D eigenvalue weighted by Gasteiger charge is -2.00. The maximum Gasteiger partial charge on any atom is 0.103 e. The number of benzene rings is 2. The quantitative estimate of drug-likeness (QED) is 0.394. The van der Waals surface area contributed by atoms with Crippen molar-refractivity contribution in [3.63, 3.8) is 0 Å². The fraction of sp³-hybridized carbons (Fsp3) is 0. The Bertz CT molecular complexity index is 1040. The van der Waals surface area contributed by atoms with E-state index in [1.54, 1.807) is 18.6 Å². The molecule has 2 aromatic carbocycles. The highest BCUT2D eigenvalue weighted by atomic mass is 35.5. The van der Waals surface area contributed by atoms with E-state index in [4.69, 9.17) is 16.7 Å². The van der Waals surface area contributed by atoms with Crippen LogP contribution in [0.3, 0.4) is 0 Å². The van der Waals surface area contributed by atoms with Crippen molar-refractivity contribution in [1.82, 2.24) is 14.8 Å². The number of nitrogens with one attached hydrogen (secondary N) is 1. The molecule has 0 aliphatic rings. The van der Waals surface area contributed by atoms with E-state index in [0.717, 1.165) is 28.2 Å². The summed E-state index contributed by atoms with van der Waals surface area (Å²) in [5, 5.41) is 9.76. The molecule has 0 saturated carbocycles. The first kappa shape index (κ1) is 17.0. The SMILES string of the molecule is Clc1ccc(N/N=C/c2cn(-c3ccccc3)nc2-c2cccnc2)cc1. The molecule has 0 aliphatic heterocycles. The van der Waals surface area contributed by atoms with Crippen LogP contribution >= 0.6 is 11.6 Å². The van der Waals surface area contributed by atoms with Gasteiger partial charge in [-0.15, -0.1) is 0 Å². The van der Waals surface area contributed by atoms with Crippen molar-refractivity contribution >= 4 is 23.5 Å². The van der Waals surface area contributed by atoms with Crippen molar-refractivity contribution < 1.29 is 0 Å². The van der Waals surface area contributed by atoms with Crippen LogP contribution in [0.2, 0.25) is 5.02 Å². The van der Waals surface area contributed by atoms with Gasteiger partial charge >= 0.3 is 0 Å². The van der Waals surface area contributed by atoms with Gasteiger partial charge < -0.3 is 0 Å². The highest BCUT2D eigenvalue weighted by molar-refractivity contribution is 6.30. The maximum atomic E-state index is 5.91. The van der Waals surface area contributed by atoms with Gasteiger partial charge in [0.15, 0.2) is 0 Å². The van der Waals surface area contributed by atoms with Gasteiger partial charge in [-0.25, -0.2) is 4.68 Å². The summed E-state index contributed by atoms with van der Waals surface area (Å²) in [6, 6.07) is 21.2. The number of para-hydroxylation sites is 1. The van der Waals surface area contributed by atoms with Crippen molar-refractivity contribution in [2.45, 2.75) is 0 Å². The third-order valence-corrected chi connectivity index (χ3v) is 4.19. The molecule has 4 rings (SSSR count). The second-order valence-electron chi connectivity index (χ2n) is 5.83. The molecule has 2 heterocycles. The van der Waals surface area contributed by atoms with Crippen molar-refractivity contribution in [1.29, 1.82) is 0 Å². The number of aromatic nitrogens is 3. The van der Waals surface area contributed by atoms with Gasteiger partial charge in [-0.05, 0) is 48.5 Å². The zero-order chi connectivity index (χ0) is 18.5. The highest BCUT2D eigenvalue weighted by Crippen LogP contribution is 2.22. The Morgan fingerprint density at radius 1 is 0.963 bits per heavy atom. The molecule has 27 heavy (non-hydrogen) atoms. The first-order valence-electron chi connectivity index (χ1n) is 8.40. The molecule has 0 bridgehead atoms.